The van der Waals surface area contributed by atoms with Crippen LogP contribution in [-0.4, -0.2) is 64.7 Å². The lowest BCUT2D eigenvalue weighted by atomic mass is 10.1. The van der Waals surface area contributed by atoms with Gasteiger partial charge in [0.05, 0.1) is 12.3 Å². The molecule has 2 atom stereocenters. The van der Waals surface area contributed by atoms with Crippen LogP contribution in [0, 0.1) is 0 Å². The van der Waals surface area contributed by atoms with E-state index in [2.05, 4.69) is 70.4 Å². The maximum atomic E-state index is 6.22. The molecular formula is C16H36N4O. The zero-order valence-corrected chi connectivity index (χ0v) is 15.4. The molecule has 5 heteroatoms. The van der Waals surface area contributed by atoms with Crippen molar-refractivity contribution >= 4 is 0 Å². The van der Waals surface area contributed by atoms with Gasteiger partial charge in [-0.15, -0.1) is 0 Å². The van der Waals surface area contributed by atoms with E-state index in [0.717, 1.165) is 19.6 Å². The Bertz CT molecular complexity index is 305. The van der Waals surface area contributed by atoms with Crippen molar-refractivity contribution in [3.63, 3.8) is 0 Å². The van der Waals surface area contributed by atoms with Gasteiger partial charge >= 0.3 is 0 Å². The molecule has 0 bridgehead atoms. The van der Waals surface area contributed by atoms with E-state index in [0.29, 0.717) is 6.17 Å². The Balaban J connectivity index is 2.66. The number of hydrazine groups is 2. The Morgan fingerprint density at radius 1 is 1.24 bits per heavy atom. The Morgan fingerprint density at radius 2 is 1.86 bits per heavy atom. The van der Waals surface area contributed by atoms with Gasteiger partial charge < -0.3 is 4.90 Å². The number of likely N-dealkylation sites (N-methyl/N-ethyl adjacent to an activating group) is 1. The first kappa shape index (κ1) is 18.8. The van der Waals surface area contributed by atoms with Crippen LogP contribution in [0.25, 0.3) is 0 Å². The lowest BCUT2D eigenvalue weighted by molar-refractivity contribution is -0.527. The molecule has 0 radical (unpaired) electrons. The van der Waals surface area contributed by atoms with Crippen molar-refractivity contribution in [3.8, 4) is 0 Å². The van der Waals surface area contributed by atoms with Gasteiger partial charge in [-0.05, 0) is 59.9 Å². The van der Waals surface area contributed by atoms with E-state index in [1.165, 1.54) is 12.8 Å². The van der Waals surface area contributed by atoms with Gasteiger partial charge in [0.25, 0.3) is 0 Å². The molecule has 0 saturated carbocycles. The van der Waals surface area contributed by atoms with Crippen molar-refractivity contribution in [3.05, 3.63) is 0 Å². The molecule has 1 fully saturated rings. The minimum atomic E-state index is 0.0680. The molecule has 0 aromatic heterocycles. The quantitative estimate of drug-likeness (QED) is 0.685. The van der Waals surface area contributed by atoms with E-state index in [9.17, 15) is 0 Å². The van der Waals surface area contributed by atoms with Crippen LogP contribution >= 0.6 is 0 Å². The molecule has 5 nitrogen and oxygen atoms in total. The molecule has 2 unspecified atom stereocenters. The summed E-state index contributed by atoms with van der Waals surface area (Å²) in [5.74, 6) is 0. The minimum Gasteiger partial charge on any atom is -0.304 e. The molecule has 0 amide bonds. The summed E-state index contributed by atoms with van der Waals surface area (Å²) < 4.78 is 0. The van der Waals surface area contributed by atoms with Gasteiger partial charge in [0.1, 0.15) is 0 Å². The molecule has 0 aliphatic carbocycles. The van der Waals surface area contributed by atoms with Gasteiger partial charge in [0, 0.05) is 18.6 Å². The summed E-state index contributed by atoms with van der Waals surface area (Å²) in [5.41, 5.74) is 0.0680. The predicted octanol–water partition coefficient (Wildman–Crippen LogP) is 2.95. The van der Waals surface area contributed by atoms with E-state index in [1.807, 2.05) is 5.28 Å². The fraction of sp³-hybridized carbons (Fsp3) is 1.00. The highest BCUT2D eigenvalue weighted by Crippen LogP contribution is 2.33. The van der Waals surface area contributed by atoms with Gasteiger partial charge in [-0.1, -0.05) is 20.3 Å². The first-order valence-corrected chi connectivity index (χ1v) is 8.43. The molecule has 1 aliphatic heterocycles. The molecule has 0 aromatic carbocycles. The van der Waals surface area contributed by atoms with Crippen LogP contribution in [0.5, 0.6) is 0 Å². The molecule has 1 heterocycles. The van der Waals surface area contributed by atoms with Crippen molar-refractivity contribution in [1.29, 1.82) is 0 Å². The Morgan fingerprint density at radius 3 is 2.33 bits per heavy atom. The Labute approximate surface area is 131 Å². The summed E-state index contributed by atoms with van der Waals surface area (Å²) in [5, 5.41) is 6.66. The van der Waals surface area contributed by atoms with Crippen LogP contribution < -0.4 is 0 Å². The van der Waals surface area contributed by atoms with Crippen LogP contribution in [0.2, 0.25) is 0 Å². The number of unbranched alkanes of at least 4 members (excludes halogenated alkanes) is 1. The maximum absolute atomic E-state index is 6.22. The highest BCUT2D eigenvalue weighted by atomic mass is 16.8. The molecule has 1 saturated heterocycles. The lowest BCUT2D eigenvalue weighted by Crippen LogP contribution is -2.78. The van der Waals surface area contributed by atoms with Gasteiger partial charge in [0.2, 0.25) is 0 Å². The summed E-state index contributed by atoms with van der Waals surface area (Å²) in [4.78, 5) is 8.50. The minimum absolute atomic E-state index is 0.0680. The van der Waals surface area contributed by atoms with Gasteiger partial charge in [-0.2, -0.15) is 10.0 Å². The zero-order valence-electron chi connectivity index (χ0n) is 15.4. The third-order valence-electron chi connectivity index (χ3n) is 4.00. The molecule has 0 aromatic rings. The van der Waals surface area contributed by atoms with E-state index in [4.69, 9.17) is 4.84 Å². The van der Waals surface area contributed by atoms with Crippen LogP contribution in [0.4, 0.5) is 0 Å². The van der Waals surface area contributed by atoms with Gasteiger partial charge in [0.15, 0.2) is 0 Å². The largest absolute Gasteiger partial charge is 0.304 e. The number of hydrogen-bond donors (Lipinski definition) is 0. The lowest BCUT2D eigenvalue weighted by Gasteiger charge is -2.61. The molecular weight excluding hydrogens is 264 g/mol. The second-order valence-electron chi connectivity index (χ2n) is 7.19. The van der Waals surface area contributed by atoms with Crippen LogP contribution in [0.15, 0.2) is 0 Å². The summed E-state index contributed by atoms with van der Waals surface area (Å²) in [7, 11) is 2.13. The monoisotopic (exact) mass is 300 g/mol. The summed E-state index contributed by atoms with van der Waals surface area (Å²) >= 11 is 0. The predicted molar refractivity (Wildman–Crippen MR) is 88.2 cm³/mol. The van der Waals surface area contributed by atoms with Crippen LogP contribution in [0.1, 0.15) is 61.3 Å². The highest BCUT2D eigenvalue weighted by molar-refractivity contribution is 4.83. The second kappa shape index (κ2) is 7.88. The van der Waals surface area contributed by atoms with Crippen molar-refractivity contribution in [2.24, 2.45) is 0 Å². The normalized spacial score (nSPS) is 23.6. The van der Waals surface area contributed by atoms with Gasteiger partial charge in [-0.25, -0.2) is 0 Å². The zero-order chi connectivity index (χ0) is 16.2. The molecule has 0 spiro atoms. The fourth-order valence-corrected chi connectivity index (χ4v) is 2.77. The molecule has 21 heavy (non-hydrogen) atoms. The number of rotatable bonds is 8. The molecule has 1 aliphatic rings. The number of nitrogens with zero attached hydrogens (tertiary/aromatic N) is 4. The molecule has 126 valence electrons. The average molecular weight is 300 g/mol. The Hall–Kier alpha value is -0.200. The number of hydrogen-bond acceptors (Lipinski definition) is 5. The van der Waals surface area contributed by atoms with Crippen LogP contribution in [-0.2, 0) is 4.84 Å². The molecule has 0 N–H and O–H groups in total. The second-order valence-corrected chi connectivity index (χ2v) is 7.19. The first-order chi connectivity index (χ1) is 9.72. The van der Waals surface area contributed by atoms with Gasteiger partial charge in [-0.3, -0.25) is 4.84 Å². The van der Waals surface area contributed by atoms with Crippen molar-refractivity contribution in [1.82, 2.24) is 20.2 Å². The third-order valence-corrected chi connectivity index (χ3v) is 4.00. The van der Waals surface area contributed by atoms with Crippen molar-refractivity contribution < 1.29 is 4.84 Å². The summed E-state index contributed by atoms with van der Waals surface area (Å²) in [6.07, 6.45) is 2.98. The van der Waals surface area contributed by atoms with E-state index < -0.39 is 0 Å². The van der Waals surface area contributed by atoms with Crippen molar-refractivity contribution in [2.45, 2.75) is 79.1 Å². The summed E-state index contributed by atoms with van der Waals surface area (Å²) in [6, 6.07) is 0. The molecule has 1 rings (SSSR count). The summed E-state index contributed by atoms with van der Waals surface area (Å²) in [6.45, 7) is 18.6. The average Bonchev–Trinajstić information content (AvgIpc) is 2.36. The van der Waals surface area contributed by atoms with E-state index in [-0.39, 0.29) is 11.6 Å². The van der Waals surface area contributed by atoms with Crippen molar-refractivity contribution in [2.75, 3.05) is 26.7 Å². The highest BCUT2D eigenvalue weighted by Gasteiger charge is 2.48. The maximum Gasteiger partial charge on any atom is 0.0943 e. The standard InChI is InChI=1S/C16H36N4O/c1-9-11-12-18-15(4)19(16(5,6)7)20(18)21-14(3)13-17(8)10-2/h14-15H,9-13H2,1-8H3. The van der Waals surface area contributed by atoms with E-state index in [1.54, 1.807) is 0 Å². The third kappa shape index (κ3) is 4.89. The Kier molecular flexibility index (Phi) is 7.07. The topological polar surface area (TPSA) is 22.2 Å². The SMILES string of the molecule is CCCCN1C(C)N(C(C)(C)C)N1OC(C)CN(C)CC. The first-order valence-electron chi connectivity index (χ1n) is 8.43. The van der Waals surface area contributed by atoms with E-state index >= 15 is 0 Å². The fourth-order valence-electron chi connectivity index (χ4n) is 2.77. The van der Waals surface area contributed by atoms with Crippen LogP contribution in [0.3, 0.4) is 0 Å². The smallest absolute Gasteiger partial charge is 0.0943 e.